The number of carbonyl (C=O) groups excluding carboxylic acids is 2. The summed E-state index contributed by atoms with van der Waals surface area (Å²) >= 11 is 0. The summed E-state index contributed by atoms with van der Waals surface area (Å²) in [7, 11) is 0. The topological polar surface area (TPSA) is 148 Å². The highest BCUT2D eigenvalue weighted by atomic mass is 17.0. The van der Waals surface area contributed by atoms with Gasteiger partial charge >= 0.3 is 5.97 Å². The summed E-state index contributed by atoms with van der Waals surface area (Å²) in [5.74, 6) is -2.03. The van der Waals surface area contributed by atoms with Crippen LogP contribution in [0, 0.1) is 25.6 Å². The maximum absolute atomic E-state index is 10.9. The minimum absolute atomic E-state index is 0.507. The van der Waals surface area contributed by atoms with Crippen LogP contribution in [0.4, 0.5) is 0 Å². The summed E-state index contributed by atoms with van der Waals surface area (Å²) in [6.07, 6.45) is 0. The van der Waals surface area contributed by atoms with Crippen LogP contribution < -0.4 is 0 Å². The van der Waals surface area contributed by atoms with Crippen molar-refractivity contribution in [2.75, 3.05) is 19.8 Å². The van der Waals surface area contributed by atoms with E-state index < -0.39 is 47.2 Å². The molecule has 0 spiro atoms. The summed E-state index contributed by atoms with van der Waals surface area (Å²) in [5, 5.41) is 18.0. The third-order valence-electron chi connectivity index (χ3n) is 1.88. The zero-order valence-corrected chi connectivity index (χ0v) is 10.2. The van der Waals surface area contributed by atoms with Crippen LogP contribution in [-0.2, 0) is 24.0 Å². The lowest BCUT2D eigenvalue weighted by molar-refractivity contribution is -0.771. The lowest BCUT2D eigenvalue weighted by atomic mass is 9.94. The molecular formula is C8H12N2O9. The monoisotopic (exact) mass is 280 g/mol. The predicted octanol–water partition coefficient (Wildman–Crippen LogP) is -0.458. The van der Waals surface area contributed by atoms with Crippen LogP contribution in [0.3, 0.4) is 0 Å². The molecule has 19 heavy (non-hydrogen) atoms. The van der Waals surface area contributed by atoms with Crippen molar-refractivity contribution in [2.45, 2.75) is 13.8 Å². The minimum atomic E-state index is -1.34. The van der Waals surface area contributed by atoms with Crippen molar-refractivity contribution in [3.05, 3.63) is 20.2 Å². The van der Waals surface area contributed by atoms with Crippen LogP contribution in [0.15, 0.2) is 0 Å². The van der Waals surface area contributed by atoms with Crippen LogP contribution in [0.25, 0.3) is 0 Å². The lowest BCUT2D eigenvalue weighted by Crippen LogP contribution is -2.37. The van der Waals surface area contributed by atoms with Gasteiger partial charge in [0.1, 0.15) is 19.8 Å². The lowest BCUT2D eigenvalue weighted by Gasteiger charge is -2.26. The van der Waals surface area contributed by atoms with Crippen molar-refractivity contribution in [1.29, 1.82) is 0 Å². The van der Waals surface area contributed by atoms with Crippen molar-refractivity contribution < 1.29 is 34.2 Å². The van der Waals surface area contributed by atoms with Gasteiger partial charge in [0, 0.05) is 12.3 Å². The molecule has 0 aromatic carbocycles. The second-order valence-electron chi connectivity index (χ2n) is 3.94. The van der Waals surface area contributed by atoms with Gasteiger partial charge < -0.3 is 14.4 Å². The molecule has 108 valence electrons. The van der Waals surface area contributed by atoms with E-state index in [2.05, 4.69) is 14.4 Å². The molecular weight excluding hydrogens is 268 g/mol. The van der Waals surface area contributed by atoms with E-state index in [9.17, 15) is 29.8 Å². The molecule has 0 radical (unpaired) electrons. The smallest absolute Gasteiger partial charge is 0.374 e. The molecule has 0 aromatic heterocycles. The Kier molecular flexibility index (Phi) is 6.16. The molecule has 0 rings (SSSR count). The zero-order valence-electron chi connectivity index (χ0n) is 10.2. The van der Waals surface area contributed by atoms with Crippen molar-refractivity contribution in [2.24, 2.45) is 5.41 Å². The van der Waals surface area contributed by atoms with Gasteiger partial charge in [-0.2, -0.15) is 0 Å². The largest absolute Gasteiger partial charge is 0.459 e. The van der Waals surface area contributed by atoms with Crippen LogP contribution in [0.2, 0.25) is 0 Å². The van der Waals surface area contributed by atoms with E-state index >= 15 is 0 Å². The quantitative estimate of drug-likeness (QED) is 0.236. The van der Waals surface area contributed by atoms with Crippen LogP contribution in [0.5, 0.6) is 0 Å². The Balaban J connectivity index is 4.54. The molecule has 0 heterocycles. The molecule has 0 amide bonds. The Bertz CT molecular complexity index is 362. The first-order valence-electron chi connectivity index (χ1n) is 4.88. The number of ether oxygens (including phenoxy) is 1. The van der Waals surface area contributed by atoms with E-state index in [-0.39, 0.29) is 0 Å². The first-order valence-corrected chi connectivity index (χ1v) is 4.88. The fourth-order valence-electron chi connectivity index (χ4n) is 0.883. The molecule has 0 saturated heterocycles. The number of esters is 1. The number of Topliss-reactive ketones (excluding diaryl/α,β-unsaturated/α-hetero) is 1. The molecule has 0 N–H and O–H groups in total. The molecule has 0 aliphatic heterocycles. The van der Waals surface area contributed by atoms with E-state index in [1.165, 1.54) is 6.92 Å². The number of hydrogen-bond donors (Lipinski definition) is 0. The van der Waals surface area contributed by atoms with Gasteiger partial charge in [-0.25, -0.2) is 4.79 Å². The van der Waals surface area contributed by atoms with Gasteiger partial charge in [-0.15, -0.1) is 20.2 Å². The van der Waals surface area contributed by atoms with Gasteiger partial charge in [-0.1, -0.05) is 6.92 Å². The molecule has 0 atom stereocenters. The van der Waals surface area contributed by atoms with Crippen LogP contribution in [-0.4, -0.2) is 41.7 Å². The van der Waals surface area contributed by atoms with Crippen molar-refractivity contribution in [1.82, 2.24) is 0 Å². The molecule has 0 aliphatic carbocycles. The van der Waals surface area contributed by atoms with Gasteiger partial charge in [0.15, 0.2) is 0 Å². The average molecular weight is 280 g/mol. The fraction of sp³-hybridized carbons (Fsp3) is 0.750. The maximum atomic E-state index is 10.9. The minimum Gasteiger partial charge on any atom is -0.459 e. The standard InChI is InChI=1S/C8H12N2O9/c1-6(11)7(12)17-3-8(2,4-18-9(13)14)5-19-10(15)16/h3-5H2,1-2H3. The van der Waals surface area contributed by atoms with Gasteiger partial charge in [0.25, 0.3) is 10.2 Å². The number of carbonyl (C=O) groups is 2. The SMILES string of the molecule is CC(=O)C(=O)OCC(C)(CO[N+](=O)[O-])CO[N+](=O)[O-]. The zero-order chi connectivity index (χ0) is 15.1. The van der Waals surface area contributed by atoms with E-state index in [0.717, 1.165) is 6.92 Å². The second-order valence-corrected chi connectivity index (χ2v) is 3.94. The highest BCUT2D eigenvalue weighted by Crippen LogP contribution is 2.18. The summed E-state index contributed by atoms with van der Waals surface area (Å²) in [5.41, 5.74) is -1.34. The Labute approximate surface area is 106 Å². The molecule has 11 heteroatoms. The molecule has 0 fully saturated rings. The van der Waals surface area contributed by atoms with E-state index in [1.807, 2.05) is 0 Å². The van der Waals surface area contributed by atoms with E-state index in [4.69, 9.17) is 0 Å². The Hall–Kier alpha value is -2.46. The highest BCUT2D eigenvalue weighted by Gasteiger charge is 2.30. The Morgan fingerprint density at radius 3 is 1.79 bits per heavy atom. The first kappa shape index (κ1) is 16.5. The number of ketones is 1. The normalized spacial score (nSPS) is 10.4. The number of nitrogens with zero attached hydrogens (tertiary/aromatic N) is 2. The Morgan fingerprint density at radius 2 is 1.47 bits per heavy atom. The molecule has 0 unspecified atom stereocenters. The van der Waals surface area contributed by atoms with Crippen LogP contribution in [0.1, 0.15) is 13.8 Å². The third-order valence-corrected chi connectivity index (χ3v) is 1.88. The highest BCUT2D eigenvalue weighted by molar-refractivity contribution is 6.32. The summed E-state index contributed by atoms with van der Waals surface area (Å²) in [4.78, 5) is 49.9. The number of hydrogen-bond acceptors (Lipinski definition) is 9. The van der Waals surface area contributed by atoms with E-state index in [0.29, 0.717) is 0 Å². The predicted molar refractivity (Wildman–Crippen MR) is 55.6 cm³/mol. The van der Waals surface area contributed by atoms with Crippen molar-refractivity contribution in [3.63, 3.8) is 0 Å². The number of rotatable bonds is 9. The van der Waals surface area contributed by atoms with Gasteiger partial charge in [0.05, 0.1) is 0 Å². The molecule has 0 bridgehead atoms. The summed E-state index contributed by atoms with van der Waals surface area (Å²) < 4.78 is 4.54. The van der Waals surface area contributed by atoms with Gasteiger partial charge in [0.2, 0.25) is 5.78 Å². The van der Waals surface area contributed by atoms with Gasteiger partial charge in [-0.05, 0) is 0 Å². The molecule has 0 aromatic rings. The fourth-order valence-corrected chi connectivity index (χ4v) is 0.883. The Morgan fingerprint density at radius 1 is 1.05 bits per heavy atom. The van der Waals surface area contributed by atoms with Crippen molar-refractivity contribution >= 4 is 11.8 Å². The summed E-state index contributed by atoms with van der Waals surface area (Å²) in [6, 6.07) is 0. The van der Waals surface area contributed by atoms with Gasteiger partial charge in [-0.3, -0.25) is 4.79 Å². The van der Waals surface area contributed by atoms with Crippen molar-refractivity contribution in [3.8, 4) is 0 Å². The molecule has 11 nitrogen and oxygen atoms in total. The van der Waals surface area contributed by atoms with Crippen LogP contribution >= 0.6 is 0 Å². The van der Waals surface area contributed by atoms with E-state index in [1.54, 1.807) is 0 Å². The first-order chi connectivity index (χ1) is 8.66. The third kappa shape index (κ3) is 7.46. The second kappa shape index (κ2) is 7.08. The molecule has 0 saturated carbocycles. The average Bonchev–Trinajstić information content (AvgIpc) is 2.31. The maximum Gasteiger partial charge on any atom is 0.374 e. The molecule has 0 aliphatic rings. The summed E-state index contributed by atoms with van der Waals surface area (Å²) in [6.45, 7) is 0.569.